The van der Waals surface area contributed by atoms with Crippen LogP contribution in [0.4, 0.5) is 5.13 Å². The summed E-state index contributed by atoms with van der Waals surface area (Å²) in [6.45, 7) is 6.92. The molecule has 2 heterocycles. The Morgan fingerprint density at radius 2 is 2.00 bits per heavy atom. The molecule has 2 aromatic carbocycles. The van der Waals surface area contributed by atoms with E-state index in [2.05, 4.69) is 4.90 Å². The van der Waals surface area contributed by atoms with E-state index in [1.165, 1.54) is 11.3 Å². The number of amides is 1. The number of anilines is 1. The molecule has 4 rings (SSSR count). The van der Waals surface area contributed by atoms with Crippen molar-refractivity contribution in [3.05, 3.63) is 52.5 Å². The number of hydrogen-bond acceptors (Lipinski definition) is 6. The first-order valence-electron chi connectivity index (χ1n) is 10.4. The number of thiazole rings is 1. The molecule has 0 radical (unpaired) electrons. The van der Waals surface area contributed by atoms with E-state index in [0.717, 1.165) is 60.8 Å². The van der Waals surface area contributed by atoms with Crippen LogP contribution in [0.5, 0.6) is 5.75 Å². The lowest BCUT2D eigenvalue weighted by Gasteiger charge is -2.27. The lowest BCUT2D eigenvalue weighted by molar-refractivity contribution is 0.0376. The highest BCUT2D eigenvalue weighted by Crippen LogP contribution is 2.34. The molecule has 1 aliphatic heterocycles. The second-order valence-electron chi connectivity index (χ2n) is 7.56. The molecule has 31 heavy (non-hydrogen) atoms. The van der Waals surface area contributed by atoms with Crippen molar-refractivity contribution >= 4 is 44.2 Å². The maximum Gasteiger partial charge on any atom is 0.260 e. The molecule has 0 unspecified atom stereocenters. The Bertz CT molecular complexity index is 1050. The van der Waals surface area contributed by atoms with Crippen LogP contribution in [0.15, 0.2) is 36.4 Å². The van der Waals surface area contributed by atoms with Crippen LogP contribution in [0.1, 0.15) is 22.3 Å². The molecule has 0 N–H and O–H groups in total. The number of morpholine rings is 1. The van der Waals surface area contributed by atoms with Gasteiger partial charge in [-0.3, -0.25) is 14.6 Å². The lowest BCUT2D eigenvalue weighted by atomic mass is 10.2. The Labute approximate surface area is 191 Å². The molecule has 1 fully saturated rings. The quantitative estimate of drug-likeness (QED) is 0.515. The third-order valence-electron chi connectivity index (χ3n) is 5.41. The number of carbonyl (C=O) groups is 1. The fourth-order valence-corrected chi connectivity index (χ4v) is 5.15. The second kappa shape index (κ2) is 9.96. The van der Waals surface area contributed by atoms with Crippen molar-refractivity contribution in [1.82, 2.24) is 9.88 Å². The first-order valence-corrected chi connectivity index (χ1v) is 11.6. The van der Waals surface area contributed by atoms with Gasteiger partial charge in [-0.05, 0) is 55.3 Å². The van der Waals surface area contributed by atoms with Crippen LogP contribution < -0.4 is 9.64 Å². The van der Waals surface area contributed by atoms with Gasteiger partial charge in [-0.1, -0.05) is 22.9 Å². The molecule has 0 spiro atoms. The topological polar surface area (TPSA) is 54.9 Å². The Hall–Kier alpha value is -2.19. The Balaban J connectivity index is 1.59. The minimum atomic E-state index is -0.0626. The van der Waals surface area contributed by atoms with E-state index in [1.54, 1.807) is 36.3 Å². The Kier molecular flexibility index (Phi) is 7.07. The second-order valence-corrected chi connectivity index (χ2v) is 9.00. The third kappa shape index (κ3) is 5.18. The summed E-state index contributed by atoms with van der Waals surface area (Å²) in [6, 6.07) is 11.0. The van der Waals surface area contributed by atoms with E-state index in [-0.39, 0.29) is 5.91 Å². The molecule has 1 aromatic heterocycles. The molecule has 8 heteroatoms. The van der Waals surface area contributed by atoms with Crippen LogP contribution in [0, 0.1) is 6.92 Å². The minimum Gasteiger partial charge on any atom is -0.497 e. The average molecular weight is 460 g/mol. The number of carbonyl (C=O) groups excluding carboxylic acids is 1. The van der Waals surface area contributed by atoms with Crippen molar-refractivity contribution in [1.29, 1.82) is 0 Å². The van der Waals surface area contributed by atoms with Crippen molar-refractivity contribution in [2.24, 2.45) is 0 Å². The minimum absolute atomic E-state index is 0.0626. The monoisotopic (exact) mass is 459 g/mol. The number of aryl methyl sites for hydroxylation is 1. The van der Waals surface area contributed by atoms with Crippen molar-refractivity contribution in [2.45, 2.75) is 13.3 Å². The highest BCUT2D eigenvalue weighted by atomic mass is 35.5. The summed E-state index contributed by atoms with van der Waals surface area (Å²) in [7, 11) is 1.61. The number of hydrogen-bond donors (Lipinski definition) is 0. The van der Waals surface area contributed by atoms with Crippen molar-refractivity contribution in [3.8, 4) is 5.75 Å². The van der Waals surface area contributed by atoms with Crippen LogP contribution in [-0.4, -0.2) is 62.3 Å². The van der Waals surface area contributed by atoms with E-state index < -0.39 is 0 Å². The number of benzene rings is 2. The number of nitrogens with zero attached hydrogens (tertiary/aromatic N) is 3. The van der Waals surface area contributed by atoms with Gasteiger partial charge in [0.25, 0.3) is 5.91 Å². The molecule has 3 aromatic rings. The molecule has 0 bridgehead atoms. The number of ether oxygens (including phenoxy) is 2. The zero-order chi connectivity index (χ0) is 21.8. The zero-order valence-corrected chi connectivity index (χ0v) is 19.3. The highest BCUT2D eigenvalue weighted by Gasteiger charge is 2.22. The molecular weight excluding hydrogens is 434 g/mol. The number of fused-ring (bicyclic) bond motifs is 1. The van der Waals surface area contributed by atoms with Gasteiger partial charge < -0.3 is 9.47 Å². The predicted molar refractivity (Wildman–Crippen MR) is 126 cm³/mol. The SMILES string of the molecule is COc1ccc(C(=O)N(CCCN2CCOCC2)c2nc3c(C)cc(Cl)cc3s2)cc1. The molecule has 164 valence electrons. The van der Waals surface area contributed by atoms with Crippen molar-refractivity contribution < 1.29 is 14.3 Å². The van der Waals surface area contributed by atoms with Gasteiger partial charge in [0, 0.05) is 36.8 Å². The van der Waals surface area contributed by atoms with Gasteiger partial charge in [0.15, 0.2) is 5.13 Å². The van der Waals surface area contributed by atoms with Gasteiger partial charge in [0.2, 0.25) is 0 Å². The van der Waals surface area contributed by atoms with Crippen LogP contribution >= 0.6 is 22.9 Å². The van der Waals surface area contributed by atoms with E-state index >= 15 is 0 Å². The largest absolute Gasteiger partial charge is 0.497 e. The van der Waals surface area contributed by atoms with E-state index in [0.29, 0.717) is 22.3 Å². The fraction of sp³-hybridized carbons (Fsp3) is 0.391. The summed E-state index contributed by atoms with van der Waals surface area (Å²) in [5.41, 5.74) is 2.52. The molecule has 0 aliphatic carbocycles. The van der Waals surface area contributed by atoms with Crippen LogP contribution in [0.2, 0.25) is 5.02 Å². The van der Waals surface area contributed by atoms with E-state index in [1.807, 2.05) is 19.1 Å². The molecular formula is C23H26ClN3O3S. The Morgan fingerprint density at radius 3 is 2.71 bits per heavy atom. The molecule has 6 nitrogen and oxygen atoms in total. The summed E-state index contributed by atoms with van der Waals surface area (Å²) in [6.07, 6.45) is 0.859. The summed E-state index contributed by atoms with van der Waals surface area (Å²) < 4.78 is 11.6. The van der Waals surface area contributed by atoms with Crippen LogP contribution in [-0.2, 0) is 4.74 Å². The third-order valence-corrected chi connectivity index (χ3v) is 6.66. The van der Waals surface area contributed by atoms with Gasteiger partial charge in [-0.15, -0.1) is 0 Å². The summed E-state index contributed by atoms with van der Waals surface area (Å²) in [5, 5.41) is 1.38. The van der Waals surface area contributed by atoms with Crippen molar-refractivity contribution in [2.75, 3.05) is 51.4 Å². The first-order chi connectivity index (χ1) is 15.0. The highest BCUT2D eigenvalue weighted by molar-refractivity contribution is 7.22. The number of halogens is 1. The maximum absolute atomic E-state index is 13.4. The maximum atomic E-state index is 13.4. The number of methoxy groups -OCH3 is 1. The van der Waals surface area contributed by atoms with E-state index in [4.69, 9.17) is 26.1 Å². The average Bonchev–Trinajstić information content (AvgIpc) is 3.21. The van der Waals surface area contributed by atoms with Crippen LogP contribution in [0.3, 0.4) is 0 Å². The standard InChI is InChI=1S/C23H26ClN3O3S/c1-16-14-18(24)15-20-21(16)25-23(31-20)27(9-3-8-26-10-12-30-13-11-26)22(28)17-4-6-19(29-2)7-5-17/h4-7,14-15H,3,8-13H2,1-2H3. The van der Waals surface area contributed by atoms with Gasteiger partial charge in [0.1, 0.15) is 5.75 Å². The zero-order valence-electron chi connectivity index (χ0n) is 17.8. The molecule has 1 aliphatic rings. The van der Waals surface area contributed by atoms with E-state index in [9.17, 15) is 4.79 Å². The predicted octanol–water partition coefficient (Wildman–Crippen LogP) is 4.64. The summed E-state index contributed by atoms with van der Waals surface area (Å²) in [4.78, 5) is 22.4. The van der Waals surface area contributed by atoms with Crippen molar-refractivity contribution in [3.63, 3.8) is 0 Å². The van der Waals surface area contributed by atoms with Gasteiger partial charge in [0.05, 0.1) is 30.5 Å². The molecule has 0 atom stereocenters. The molecule has 1 amide bonds. The van der Waals surface area contributed by atoms with Gasteiger partial charge in [-0.25, -0.2) is 4.98 Å². The number of rotatable bonds is 7. The van der Waals surface area contributed by atoms with Crippen LogP contribution in [0.25, 0.3) is 10.2 Å². The molecule has 0 saturated carbocycles. The van der Waals surface area contributed by atoms with Gasteiger partial charge >= 0.3 is 0 Å². The molecule has 1 saturated heterocycles. The summed E-state index contributed by atoms with van der Waals surface area (Å²) in [5.74, 6) is 0.660. The smallest absolute Gasteiger partial charge is 0.260 e. The first kappa shape index (κ1) is 22.0. The Morgan fingerprint density at radius 1 is 1.26 bits per heavy atom. The summed E-state index contributed by atoms with van der Waals surface area (Å²) >= 11 is 7.74. The lowest BCUT2D eigenvalue weighted by Crippen LogP contribution is -2.39. The number of aromatic nitrogens is 1. The van der Waals surface area contributed by atoms with Gasteiger partial charge in [-0.2, -0.15) is 0 Å². The normalized spacial score (nSPS) is 14.7. The fourth-order valence-electron chi connectivity index (χ4n) is 3.71.